The first-order chi connectivity index (χ1) is 8.99. The molecule has 0 atom stereocenters. The topological polar surface area (TPSA) is 52.6 Å². The van der Waals surface area contributed by atoms with Crippen molar-refractivity contribution < 1.29 is 9.59 Å². The summed E-state index contributed by atoms with van der Waals surface area (Å²) in [5.41, 5.74) is 0.964. The average molecular weight is 265 g/mol. The molecule has 106 valence electrons. The predicted molar refractivity (Wildman–Crippen MR) is 73.6 cm³/mol. The molecule has 1 heterocycles. The Hall–Kier alpha value is -1.36. The molecule has 0 radical (unpaired) electrons. The number of hydrogen-bond donors (Lipinski definition) is 1. The summed E-state index contributed by atoms with van der Waals surface area (Å²) >= 11 is 0. The van der Waals surface area contributed by atoms with Crippen molar-refractivity contribution in [3.8, 4) is 0 Å². The second-order valence-electron chi connectivity index (χ2n) is 5.72. The fraction of sp³-hybridized carbons (Fsp3) is 0.714. The highest BCUT2D eigenvalue weighted by Gasteiger charge is 2.33. The first kappa shape index (κ1) is 14.1. The van der Waals surface area contributed by atoms with Crippen molar-refractivity contribution in [1.29, 1.82) is 0 Å². The fourth-order valence-corrected chi connectivity index (χ4v) is 2.24. The van der Waals surface area contributed by atoms with Crippen molar-refractivity contribution in [3.63, 3.8) is 0 Å². The Kier molecular flexibility index (Phi) is 4.24. The van der Waals surface area contributed by atoms with Crippen LogP contribution >= 0.6 is 0 Å². The van der Waals surface area contributed by atoms with Gasteiger partial charge in [-0.1, -0.05) is 6.58 Å². The molecule has 2 fully saturated rings. The molecule has 0 aromatic rings. The van der Waals surface area contributed by atoms with Crippen LogP contribution in [-0.4, -0.2) is 59.9 Å². The van der Waals surface area contributed by atoms with Crippen molar-refractivity contribution in [2.24, 2.45) is 0 Å². The van der Waals surface area contributed by atoms with Crippen molar-refractivity contribution in [2.45, 2.75) is 38.8 Å². The Labute approximate surface area is 114 Å². The van der Waals surface area contributed by atoms with Gasteiger partial charge in [-0.05, 0) is 32.3 Å². The molecule has 0 bridgehead atoms. The van der Waals surface area contributed by atoms with Crippen LogP contribution in [-0.2, 0) is 9.59 Å². The van der Waals surface area contributed by atoms with Crippen LogP contribution in [0.1, 0.15) is 26.7 Å². The van der Waals surface area contributed by atoms with Crippen molar-refractivity contribution in [3.05, 3.63) is 12.2 Å². The molecule has 2 aliphatic rings. The van der Waals surface area contributed by atoms with Crippen LogP contribution in [0.5, 0.6) is 0 Å². The van der Waals surface area contributed by atoms with E-state index in [0.717, 1.165) is 12.1 Å². The number of carbonyl (C=O) groups is 2. The first-order valence-corrected chi connectivity index (χ1v) is 6.99. The predicted octanol–water partition coefficient (Wildman–Crippen LogP) is 0.374. The third-order valence-corrected chi connectivity index (χ3v) is 3.60. The summed E-state index contributed by atoms with van der Waals surface area (Å²) in [6, 6.07) is 0.713. The molecule has 5 heteroatoms. The highest BCUT2D eigenvalue weighted by Crippen LogP contribution is 2.18. The first-order valence-electron chi connectivity index (χ1n) is 6.99. The van der Waals surface area contributed by atoms with E-state index in [0.29, 0.717) is 25.7 Å². The Morgan fingerprint density at radius 2 is 2.00 bits per heavy atom. The van der Waals surface area contributed by atoms with Crippen LogP contribution in [0.15, 0.2) is 12.2 Å². The minimum Gasteiger partial charge on any atom is -0.330 e. The van der Waals surface area contributed by atoms with Gasteiger partial charge in [0, 0.05) is 38.3 Å². The van der Waals surface area contributed by atoms with Gasteiger partial charge in [-0.2, -0.15) is 0 Å². The standard InChI is InChI=1S/C14H23N3O2/c1-10(2)17-7-6-16(13(18)14(17)19)9-11(3)8-15-12-4-5-12/h10,12,15H,3-9H2,1-2H3. The van der Waals surface area contributed by atoms with Crippen LogP contribution in [0.4, 0.5) is 0 Å². The van der Waals surface area contributed by atoms with Gasteiger partial charge in [0.25, 0.3) is 0 Å². The number of piperazine rings is 1. The maximum absolute atomic E-state index is 12.0. The Bertz CT molecular complexity index is 388. The van der Waals surface area contributed by atoms with Gasteiger partial charge in [-0.15, -0.1) is 0 Å². The second-order valence-corrected chi connectivity index (χ2v) is 5.72. The second kappa shape index (κ2) is 5.74. The van der Waals surface area contributed by atoms with Crippen LogP contribution < -0.4 is 5.32 Å². The van der Waals surface area contributed by atoms with E-state index in [1.807, 2.05) is 13.8 Å². The van der Waals surface area contributed by atoms with E-state index in [9.17, 15) is 9.59 Å². The molecule has 19 heavy (non-hydrogen) atoms. The van der Waals surface area contributed by atoms with E-state index in [1.54, 1.807) is 9.80 Å². The molecule has 2 amide bonds. The maximum Gasteiger partial charge on any atom is 0.312 e. The van der Waals surface area contributed by atoms with Gasteiger partial charge in [0.2, 0.25) is 0 Å². The van der Waals surface area contributed by atoms with Crippen LogP contribution in [0.3, 0.4) is 0 Å². The molecular weight excluding hydrogens is 242 g/mol. The lowest BCUT2D eigenvalue weighted by molar-refractivity contribution is -0.156. The minimum absolute atomic E-state index is 0.0818. The molecule has 1 aliphatic heterocycles. The normalized spacial score (nSPS) is 20.4. The van der Waals surface area contributed by atoms with Crippen molar-refractivity contribution in [2.75, 3.05) is 26.2 Å². The average Bonchev–Trinajstić information content (AvgIpc) is 3.16. The molecule has 0 unspecified atom stereocenters. The Morgan fingerprint density at radius 3 is 2.58 bits per heavy atom. The molecule has 1 N–H and O–H groups in total. The molecular formula is C14H23N3O2. The summed E-state index contributed by atoms with van der Waals surface area (Å²) in [5.74, 6) is -0.781. The summed E-state index contributed by atoms with van der Waals surface area (Å²) in [7, 11) is 0. The maximum atomic E-state index is 12.0. The number of hydrogen-bond acceptors (Lipinski definition) is 3. The lowest BCUT2D eigenvalue weighted by Gasteiger charge is -2.36. The van der Waals surface area contributed by atoms with E-state index in [2.05, 4.69) is 11.9 Å². The zero-order valence-corrected chi connectivity index (χ0v) is 11.8. The molecule has 1 saturated carbocycles. The fourth-order valence-electron chi connectivity index (χ4n) is 2.24. The van der Waals surface area contributed by atoms with E-state index >= 15 is 0 Å². The van der Waals surface area contributed by atoms with E-state index in [4.69, 9.17) is 0 Å². The SMILES string of the molecule is C=C(CNC1CC1)CN1CCN(C(C)C)C(=O)C1=O. The Morgan fingerprint density at radius 1 is 1.32 bits per heavy atom. The van der Waals surface area contributed by atoms with Gasteiger partial charge in [0.15, 0.2) is 0 Å². The third-order valence-electron chi connectivity index (χ3n) is 3.60. The van der Waals surface area contributed by atoms with Gasteiger partial charge in [0.05, 0.1) is 0 Å². The summed E-state index contributed by atoms with van der Waals surface area (Å²) in [6.45, 7) is 10.3. The molecule has 0 spiro atoms. The van der Waals surface area contributed by atoms with E-state index in [-0.39, 0.29) is 11.9 Å². The van der Waals surface area contributed by atoms with E-state index in [1.165, 1.54) is 12.8 Å². The van der Waals surface area contributed by atoms with Crippen LogP contribution in [0.25, 0.3) is 0 Å². The highest BCUT2D eigenvalue weighted by molar-refractivity contribution is 6.35. The highest BCUT2D eigenvalue weighted by atomic mass is 16.2. The number of amides is 2. The summed E-state index contributed by atoms with van der Waals surface area (Å²) in [6.07, 6.45) is 2.47. The zero-order valence-electron chi connectivity index (χ0n) is 11.8. The molecule has 0 aromatic carbocycles. The number of nitrogens with one attached hydrogen (secondary N) is 1. The molecule has 1 saturated heterocycles. The smallest absolute Gasteiger partial charge is 0.312 e. The summed E-state index contributed by atoms with van der Waals surface area (Å²) in [4.78, 5) is 27.2. The van der Waals surface area contributed by atoms with Crippen molar-refractivity contribution in [1.82, 2.24) is 15.1 Å². The largest absolute Gasteiger partial charge is 0.330 e. The monoisotopic (exact) mass is 265 g/mol. The van der Waals surface area contributed by atoms with Crippen molar-refractivity contribution >= 4 is 11.8 Å². The number of rotatable bonds is 6. The lowest BCUT2D eigenvalue weighted by atomic mass is 10.2. The Balaban J connectivity index is 1.82. The summed E-state index contributed by atoms with van der Waals surface area (Å²) in [5, 5.41) is 3.37. The van der Waals surface area contributed by atoms with Gasteiger partial charge < -0.3 is 15.1 Å². The number of carbonyl (C=O) groups excluding carboxylic acids is 2. The number of nitrogens with zero attached hydrogens (tertiary/aromatic N) is 2. The molecule has 5 nitrogen and oxygen atoms in total. The molecule has 0 aromatic heterocycles. The van der Waals surface area contributed by atoms with E-state index < -0.39 is 5.91 Å². The third kappa shape index (κ3) is 3.56. The van der Waals surface area contributed by atoms with Crippen LogP contribution in [0, 0.1) is 0 Å². The van der Waals surface area contributed by atoms with Crippen LogP contribution in [0.2, 0.25) is 0 Å². The minimum atomic E-state index is -0.396. The lowest BCUT2D eigenvalue weighted by Crippen LogP contribution is -2.56. The molecule has 2 rings (SSSR count). The summed E-state index contributed by atoms with van der Waals surface area (Å²) < 4.78 is 0. The van der Waals surface area contributed by atoms with Gasteiger partial charge in [0.1, 0.15) is 0 Å². The van der Waals surface area contributed by atoms with Gasteiger partial charge in [-0.25, -0.2) is 0 Å². The van der Waals surface area contributed by atoms with Gasteiger partial charge in [-0.3, -0.25) is 9.59 Å². The van der Waals surface area contributed by atoms with Gasteiger partial charge >= 0.3 is 11.8 Å². The zero-order chi connectivity index (χ0) is 14.0. The quantitative estimate of drug-likeness (QED) is 0.558. The molecule has 1 aliphatic carbocycles.